The van der Waals surface area contributed by atoms with E-state index in [-0.39, 0.29) is 10.8 Å². The molecule has 30 heavy (non-hydrogen) atoms. The Morgan fingerprint density at radius 3 is 2.13 bits per heavy atom. The second kappa shape index (κ2) is 8.69. The van der Waals surface area contributed by atoms with Crippen LogP contribution in [-0.4, -0.2) is 0 Å². The van der Waals surface area contributed by atoms with E-state index >= 15 is 4.39 Å². The van der Waals surface area contributed by atoms with Crippen LogP contribution in [0.1, 0.15) is 38.2 Å². The van der Waals surface area contributed by atoms with E-state index in [9.17, 15) is 8.78 Å². The monoisotopic (exact) mass is 426 g/mol. The molecule has 0 saturated heterocycles. The lowest BCUT2D eigenvalue weighted by atomic mass is 9.94. The summed E-state index contributed by atoms with van der Waals surface area (Å²) in [5.74, 6) is -1.36. The summed E-state index contributed by atoms with van der Waals surface area (Å²) in [6, 6.07) is 14.7. The van der Waals surface area contributed by atoms with E-state index < -0.39 is 11.6 Å². The predicted molar refractivity (Wildman–Crippen MR) is 120 cm³/mol. The average molecular weight is 427 g/mol. The molecule has 0 heterocycles. The standard InChI is InChI=1S/C26H22ClF3/c1-2-3-4-5-6-16-7-10-20-19-11-8-17(18-9-12-23(27)25(29)14-18)13-21(19)24(28)15-22(20)26(16)30/h7-15H,2-6H2,1H3. The van der Waals surface area contributed by atoms with Gasteiger partial charge in [-0.05, 0) is 64.6 Å². The van der Waals surface area contributed by atoms with E-state index in [2.05, 4.69) is 6.92 Å². The number of unbranched alkanes of at least 4 members (excludes halogenated alkanes) is 3. The van der Waals surface area contributed by atoms with Crippen molar-refractivity contribution in [2.45, 2.75) is 39.0 Å². The van der Waals surface area contributed by atoms with Crippen LogP contribution >= 0.6 is 11.6 Å². The predicted octanol–water partition coefficient (Wildman–Crippen LogP) is 8.85. The van der Waals surface area contributed by atoms with E-state index in [0.717, 1.165) is 25.7 Å². The van der Waals surface area contributed by atoms with Crippen molar-refractivity contribution < 1.29 is 13.2 Å². The maximum atomic E-state index is 15.1. The molecule has 0 aliphatic carbocycles. The molecule has 0 nitrogen and oxygen atoms in total. The topological polar surface area (TPSA) is 0 Å². The molecule has 0 aliphatic rings. The van der Waals surface area contributed by atoms with E-state index in [1.165, 1.54) is 18.2 Å². The SMILES string of the molecule is CCCCCCc1ccc2c(cc(F)c3cc(-c4ccc(Cl)c(F)c4)ccc32)c1F. The highest BCUT2D eigenvalue weighted by Gasteiger charge is 2.14. The van der Waals surface area contributed by atoms with Crippen LogP contribution in [0, 0.1) is 17.5 Å². The highest BCUT2D eigenvalue weighted by molar-refractivity contribution is 6.30. The lowest BCUT2D eigenvalue weighted by Gasteiger charge is -2.12. The molecule has 0 atom stereocenters. The Balaban J connectivity index is 1.78. The minimum Gasteiger partial charge on any atom is -0.206 e. The first-order valence-electron chi connectivity index (χ1n) is 10.3. The minimum absolute atomic E-state index is 0.0395. The maximum absolute atomic E-state index is 15.1. The maximum Gasteiger partial charge on any atom is 0.142 e. The first-order chi connectivity index (χ1) is 14.5. The first-order valence-corrected chi connectivity index (χ1v) is 10.7. The molecule has 4 aromatic carbocycles. The number of benzene rings is 4. The molecule has 0 unspecified atom stereocenters. The third-order valence-electron chi connectivity index (χ3n) is 5.65. The molecule has 4 rings (SSSR count). The zero-order valence-electron chi connectivity index (χ0n) is 16.7. The Labute approximate surface area is 179 Å². The zero-order chi connectivity index (χ0) is 21.3. The zero-order valence-corrected chi connectivity index (χ0v) is 17.5. The number of rotatable bonds is 6. The third-order valence-corrected chi connectivity index (χ3v) is 5.96. The lowest BCUT2D eigenvalue weighted by Crippen LogP contribution is -1.95. The van der Waals surface area contributed by atoms with Crippen molar-refractivity contribution in [1.29, 1.82) is 0 Å². The van der Waals surface area contributed by atoms with Gasteiger partial charge in [-0.25, -0.2) is 13.2 Å². The average Bonchev–Trinajstić information content (AvgIpc) is 2.75. The fraction of sp³-hybridized carbons (Fsp3) is 0.231. The van der Waals surface area contributed by atoms with Crippen LogP contribution in [0.25, 0.3) is 32.7 Å². The molecule has 0 aromatic heterocycles. The van der Waals surface area contributed by atoms with Gasteiger partial charge in [-0.2, -0.15) is 0 Å². The summed E-state index contributed by atoms with van der Waals surface area (Å²) < 4.78 is 43.9. The van der Waals surface area contributed by atoms with Crippen molar-refractivity contribution >= 4 is 33.1 Å². The van der Waals surface area contributed by atoms with E-state index in [1.54, 1.807) is 24.3 Å². The van der Waals surface area contributed by atoms with Crippen molar-refractivity contribution in [3.8, 4) is 11.1 Å². The van der Waals surface area contributed by atoms with Crippen LogP contribution < -0.4 is 0 Å². The molecule has 4 heteroatoms. The second-order valence-electron chi connectivity index (χ2n) is 7.69. The van der Waals surface area contributed by atoms with Crippen LogP contribution in [0.4, 0.5) is 13.2 Å². The van der Waals surface area contributed by atoms with E-state index in [0.29, 0.717) is 44.7 Å². The fourth-order valence-corrected chi connectivity index (χ4v) is 4.10. The Hall–Kier alpha value is -2.52. The third kappa shape index (κ3) is 3.91. The van der Waals surface area contributed by atoms with Gasteiger partial charge in [-0.3, -0.25) is 0 Å². The van der Waals surface area contributed by atoms with Gasteiger partial charge in [0.15, 0.2) is 0 Å². The van der Waals surface area contributed by atoms with Crippen LogP contribution in [0.3, 0.4) is 0 Å². The summed E-state index contributed by atoms with van der Waals surface area (Å²) in [5.41, 5.74) is 1.90. The van der Waals surface area contributed by atoms with Crippen molar-refractivity contribution in [3.05, 3.63) is 82.6 Å². The molecule has 0 aliphatic heterocycles. The number of hydrogen-bond donors (Lipinski definition) is 0. The van der Waals surface area contributed by atoms with Crippen LogP contribution in [0.2, 0.25) is 5.02 Å². The smallest absolute Gasteiger partial charge is 0.142 e. The largest absolute Gasteiger partial charge is 0.206 e. The number of halogens is 4. The molecule has 154 valence electrons. The minimum atomic E-state index is -0.526. The quantitative estimate of drug-likeness (QED) is 0.213. The lowest BCUT2D eigenvalue weighted by molar-refractivity contribution is 0.601. The van der Waals surface area contributed by atoms with Gasteiger partial charge in [-0.15, -0.1) is 0 Å². The Kier molecular flexibility index (Phi) is 6.01. The fourth-order valence-electron chi connectivity index (χ4n) is 3.99. The molecule has 0 bridgehead atoms. The normalized spacial score (nSPS) is 11.5. The van der Waals surface area contributed by atoms with Crippen molar-refractivity contribution in [2.75, 3.05) is 0 Å². The van der Waals surface area contributed by atoms with E-state index in [4.69, 9.17) is 11.6 Å². The molecule has 4 aromatic rings. The first kappa shape index (κ1) is 20.7. The van der Waals surface area contributed by atoms with E-state index in [1.807, 2.05) is 12.1 Å². The summed E-state index contributed by atoms with van der Waals surface area (Å²) in [4.78, 5) is 0. The van der Waals surface area contributed by atoms with Gasteiger partial charge < -0.3 is 0 Å². The summed E-state index contributed by atoms with van der Waals surface area (Å²) in [6.45, 7) is 2.14. The summed E-state index contributed by atoms with van der Waals surface area (Å²) in [7, 11) is 0. The molecule has 0 fully saturated rings. The van der Waals surface area contributed by atoms with Gasteiger partial charge in [0, 0.05) is 10.8 Å². The van der Waals surface area contributed by atoms with Crippen LogP contribution in [0.5, 0.6) is 0 Å². The molecular formula is C26H22ClF3. The molecule has 0 saturated carbocycles. The molecular weight excluding hydrogens is 405 g/mol. The highest BCUT2D eigenvalue weighted by atomic mass is 35.5. The molecule has 0 N–H and O–H groups in total. The molecule has 0 amide bonds. The number of fused-ring (bicyclic) bond motifs is 3. The van der Waals surface area contributed by atoms with Gasteiger partial charge in [0.05, 0.1) is 5.02 Å². The second-order valence-corrected chi connectivity index (χ2v) is 8.10. The van der Waals surface area contributed by atoms with Gasteiger partial charge in [-0.1, -0.05) is 68.1 Å². The highest BCUT2D eigenvalue weighted by Crippen LogP contribution is 2.34. The molecule has 0 radical (unpaired) electrons. The van der Waals surface area contributed by atoms with Gasteiger partial charge in [0.25, 0.3) is 0 Å². The number of aryl methyl sites for hydroxylation is 1. The van der Waals surface area contributed by atoms with Gasteiger partial charge in [0.2, 0.25) is 0 Å². The van der Waals surface area contributed by atoms with Gasteiger partial charge in [0.1, 0.15) is 17.5 Å². The van der Waals surface area contributed by atoms with Gasteiger partial charge >= 0.3 is 0 Å². The van der Waals surface area contributed by atoms with Crippen molar-refractivity contribution in [2.24, 2.45) is 0 Å². The van der Waals surface area contributed by atoms with Crippen molar-refractivity contribution in [3.63, 3.8) is 0 Å². The van der Waals surface area contributed by atoms with Crippen LogP contribution in [-0.2, 0) is 6.42 Å². The van der Waals surface area contributed by atoms with Crippen molar-refractivity contribution in [1.82, 2.24) is 0 Å². The Morgan fingerprint density at radius 2 is 1.37 bits per heavy atom. The molecule has 0 spiro atoms. The summed E-state index contributed by atoms with van der Waals surface area (Å²) >= 11 is 5.76. The Morgan fingerprint density at radius 1 is 0.667 bits per heavy atom. The van der Waals surface area contributed by atoms with Crippen LogP contribution in [0.15, 0.2) is 54.6 Å². The Bertz CT molecular complexity index is 1230. The number of hydrogen-bond acceptors (Lipinski definition) is 0. The summed E-state index contributed by atoms with van der Waals surface area (Å²) in [5, 5.41) is 2.04. The summed E-state index contributed by atoms with van der Waals surface area (Å²) in [6.07, 6.45) is 4.90.